The molecule has 0 unspecified atom stereocenters. The monoisotopic (exact) mass is 566 g/mol. The highest BCUT2D eigenvalue weighted by Crippen LogP contribution is 2.38. The highest BCUT2D eigenvalue weighted by molar-refractivity contribution is 9.10. The van der Waals surface area contributed by atoms with E-state index in [0.717, 1.165) is 10.0 Å². The van der Waals surface area contributed by atoms with Crippen LogP contribution in [-0.2, 0) is 16.2 Å². The smallest absolute Gasteiger partial charge is 0.265 e. The van der Waals surface area contributed by atoms with Crippen LogP contribution in [0.2, 0.25) is 0 Å². The number of nitrogens with zero attached hydrogens (tertiary/aromatic N) is 2. The van der Waals surface area contributed by atoms with E-state index in [-0.39, 0.29) is 10.7 Å². The molecule has 6 nitrogen and oxygen atoms in total. The number of rotatable bonds is 6. The van der Waals surface area contributed by atoms with Crippen LogP contribution in [0.1, 0.15) is 18.1 Å². The standard InChI is InChI=1S/C22H20Br2N2O4S/c1-4-29-18-11-14(9-16-20(27)25(2)22(31)26(3)21(16)28)10-17(24)19(18)30-12-13-5-7-15(23)8-6-13/h5-11H,4,12H2,1-3H3. The molecule has 0 bridgehead atoms. The van der Waals surface area contributed by atoms with E-state index in [2.05, 4.69) is 31.9 Å². The van der Waals surface area contributed by atoms with Crippen LogP contribution in [0.5, 0.6) is 11.5 Å². The molecule has 2 aromatic carbocycles. The molecule has 162 valence electrons. The van der Waals surface area contributed by atoms with E-state index in [1.807, 2.05) is 31.2 Å². The number of amides is 2. The van der Waals surface area contributed by atoms with Crippen LogP contribution in [0.25, 0.3) is 6.08 Å². The normalized spacial score (nSPS) is 14.2. The van der Waals surface area contributed by atoms with Crippen molar-refractivity contribution in [3.05, 3.63) is 62.0 Å². The van der Waals surface area contributed by atoms with Crippen LogP contribution in [0.15, 0.2) is 50.9 Å². The highest BCUT2D eigenvalue weighted by Gasteiger charge is 2.35. The van der Waals surface area contributed by atoms with Crippen molar-refractivity contribution in [3.63, 3.8) is 0 Å². The Hall–Kier alpha value is -2.23. The molecule has 0 saturated carbocycles. The third-order valence-electron chi connectivity index (χ3n) is 4.58. The molecule has 2 amide bonds. The third kappa shape index (κ3) is 5.16. The first kappa shape index (κ1) is 23.4. The summed E-state index contributed by atoms with van der Waals surface area (Å²) in [6.45, 7) is 2.66. The Morgan fingerprint density at radius 2 is 1.61 bits per heavy atom. The second kappa shape index (κ2) is 9.93. The predicted molar refractivity (Wildman–Crippen MR) is 130 cm³/mol. The number of thiocarbonyl (C=S) groups is 1. The molecule has 0 spiro atoms. The van der Waals surface area contributed by atoms with Crippen LogP contribution in [0.4, 0.5) is 0 Å². The molecule has 1 heterocycles. The highest BCUT2D eigenvalue weighted by atomic mass is 79.9. The van der Waals surface area contributed by atoms with Gasteiger partial charge in [-0.05, 0) is 76.5 Å². The molecule has 3 rings (SSSR count). The lowest BCUT2D eigenvalue weighted by molar-refractivity contribution is -0.132. The van der Waals surface area contributed by atoms with E-state index in [4.69, 9.17) is 21.7 Å². The molecule has 0 N–H and O–H groups in total. The fourth-order valence-electron chi connectivity index (χ4n) is 2.95. The molecule has 0 aromatic heterocycles. The van der Waals surface area contributed by atoms with Gasteiger partial charge in [0.25, 0.3) is 11.8 Å². The van der Waals surface area contributed by atoms with E-state index in [0.29, 0.717) is 34.7 Å². The first-order valence-corrected chi connectivity index (χ1v) is 11.4. The predicted octanol–water partition coefficient (Wildman–Crippen LogP) is 4.79. The summed E-state index contributed by atoms with van der Waals surface area (Å²) >= 11 is 12.1. The lowest BCUT2D eigenvalue weighted by Gasteiger charge is -2.31. The van der Waals surface area contributed by atoms with E-state index >= 15 is 0 Å². The Labute approximate surface area is 203 Å². The molecule has 1 aliphatic rings. The zero-order chi connectivity index (χ0) is 22.7. The van der Waals surface area contributed by atoms with E-state index < -0.39 is 11.8 Å². The minimum absolute atomic E-state index is 0.0245. The van der Waals surface area contributed by atoms with Crippen molar-refractivity contribution < 1.29 is 19.1 Å². The van der Waals surface area contributed by atoms with E-state index in [9.17, 15) is 9.59 Å². The van der Waals surface area contributed by atoms with Gasteiger partial charge in [-0.2, -0.15) is 0 Å². The van der Waals surface area contributed by atoms with Gasteiger partial charge in [-0.1, -0.05) is 28.1 Å². The minimum atomic E-state index is -0.447. The molecule has 1 aliphatic heterocycles. The summed E-state index contributed by atoms with van der Waals surface area (Å²) in [6.07, 6.45) is 1.53. The summed E-state index contributed by atoms with van der Waals surface area (Å²) in [5, 5.41) is 0.167. The largest absolute Gasteiger partial charge is 0.490 e. The fraction of sp³-hybridized carbons (Fsp3) is 0.227. The van der Waals surface area contributed by atoms with Crippen molar-refractivity contribution in [1.29, 1.82) is 0 Å². The summed E-state index contributed by atoms with van der Waals surface area (Å²) < 4.78 is 13.4. The molecular formula is C22H20Br2N2O4S. The van der Waals surface area contributed by atoms with Gasteiger partial charge < -0.3 is 9.47 Å². The van der Waals surface area contributed by atoms with Gasteiger partial charge in [0, 0.05) is 18.6 Å². The Morgan fingerprint density at radius 1 is 1.00 bits per heavy atom. The first-order chi connectivity index (χ1) is 14.7. The van der Waals surface area contributed by atoms with Gasteiger partial charge in [0.2, 0.25) is 0 Å². The Kier molecular flexibility index (Phi) is 7.51. The average Bonchev–Trinajstić information content (AvgIpc) is 2.75. The van der Waals surface area contributed by atoms with Crippen LogP contribution < -0.4 is 9.47 Å². The SMILES string of the molecule is CCOc1cc(C=C2C(=O)N(C)C(=S)N(C)C2=O)cc(Br)c1OCc1ccc(Br)cc1. The van der Waals surface area contributed by atoms with Crippen molar-refractivity contribution in [2.45, 2.75) is 13.5 Å². The van der Waals surface area contributed by atoms with Crippen LogP contribution in [-0.4, -0.2) is 47.4 Å². The van der Waals surface area contributed by atoms with Gasteiger partial charge in [0.1, 0.15) is 12.2 Å². The van der Waals surface area contributed by atoms with Crippen molar-refractivity contribution in [1.82, 2.24) is 9.80 Å². The zero-order valence-electron chi connectivity index (χ0n) is 17.1. The second-order valence-electron chi connectivity index (χ2n) is 6.75. The fourth-order valence-corrected chi connectivity index (χ4v) is 3.96. The summed E-state index contributed by atoms with van der Waals surface area (Å²) in [6, 6.07) is 11.4. The molecule has 9 heteroatoms. The molecular weight excluding hydrogens is 548 g/mol. The molecule has 0 atom stereocenters. The Morgan fingerprint density at radius 3 is 2.19 bits per heavy atom. The number of likely N-dealkylation sites (N-methyl/N-ethyl adjacent to an activating group) is 2. The van der Waals surface area contributed by atoms with E-state index in [1.165, 1.54) is 15.9 Å². The number of ether oxygens (including phenoxy) is 2. The maximum Gasteiger partial charge on any atom is 0.265 e. The summed E-state index contributed by atoms with van der Waals surface area (Å²) in [5.74, 6) is 0.160. The van der Waals surface area contributed by atoms with Gasteiger partial charge in [-0.3, -0.25) is 19.4 Å². The van der Waals surface area contributed by atoms with Gasteiger partial charge >= 0.3 is 0 Å². The summed E-state index contributed by atoms with van der Waals surface area (Å²) in [5.41, 5.74) is 1.65. The third-order valence-corrected chi connectivity index (χ3v) is 6.25. The lowest BCUT2D eigenvalue weighted by atomic mass is 10.1. The molecule has 31 heavy (non-hydrogen) atoms. The quantitative estimate of drug-likeness (QED) is 0.285. The van der Waals surface area contributed by atoms with Crippen LogP contribution >= 0.6 is 44.1 Å². The second-order valence-corrected chi connectivity index (χ2v) is 8.88. The summed E-state index contributed by atoms with van der Waals surface area (Å²) in [7, 11) is 3.09. The molecule has 0 aliphatic carbocycles. The van der Waals surface area contributed by atoms with Gasteiger partial charge in [0.15, 0.2) is 16.6 Å². The number of halogens is 2. The van der Waals surface area contributed by atoms with Gasteiger partial charge in [-0.15, -0.1) is 0 Å². The maximum atomic E-state index is 12.6. The van der Waals surface area contributed by atoms with Gasteiger partial charge in [-0.25, -0.2) is 0 Å². The minimum Gasteiger partial charge on any atom is -0.490 e. The first-order valence-electron chi connectivity index (χ1n) is 9.38. The molecule has 2 aromatic rings. The van der Waals surface area contributed by atoms with Crippen LogP contribution in [0, 0.1) is 0 Å². The molecule has 1 saturated heterocycles. The van der Waals surface area contributed by atoms with Crippen molar-refractivity contribution in [2.24, 2.45) is 0 Å². The number of hydrogen-bond donors (Lipinski definition) is 0. The molecule has 1 fully saturated rings. The lowest BCUT2D eigenvalue weighted by Crippen LogP contribution is -2.52. The average molecular weight is 568 g/mol. The zero-order valence-corrected chi connectivity index (χ0v) is 21.1. The molecule has 0 radical (unpaired) electrons. The van der Waals surface area contributed by atoms with Gasteiger partial charge in [0.05, 0.1) is 11.1 Å². The number of carbonyl (C=O) groups is 2. The van der Waals surface area contributed by atoms with E-state index in [1.54, 1.807) is 26.2 Å². The Bertz CT molecular complexity index is 1040. The topological polar surface area (TPSA) is 59.1 Å². The number of benzene rings is 2. The Balaban J connectivity index is 1.93. The summed E-state index contributed by atoms with van der Waals surface area (Å²) in [4.78, 5) is 27.7. The number of carbonyl (C=O) groups excluding carboxylic acids is 2. The maximum absolute atomic E-state index is 12.6. The van der Waals surface area contributed by atoms with Crippen molar-refractivity contribution in [3.8, 4) is 11.5 Å². The van der Waals surface area contributed by atoms with Crippen LogP contribution in [0.3, 0.4) is 0 Å². The number of hydrogen-bond acceptors (Lipinski definition) is 5. The van der Waals surface area contributed by atoms with Crippen molar-refractivity contribution >= 4 is 67.1 Å². The van der Waals surface area contributed by atoms with Crippen molar-refractivity contribution in [2.75, 3.05) is 20.7 Å².